The zero-order valence-corrected chi connectivity index (χ0v) is 20.9. The highest BCUT2D eigenvalue weighted by Gasteiger charge is 2.31. The largest absolute Gasteiger partial charge is 0.494 e. The lowest BCUT2D eigenvalue weighted by Crippen LogP contribution is -2.52. The quantitative estimate of drug-likeness (QED) is 0.542. The number of aliphatic imine (C=N–C) groups is 2. The van der Waals surface area contributed by atoms with Gasteiger partial charge >= 0.3 is 6.03 Å². The number of nitrogens with zero attached hydrogens (tertiary/aromatic N) is 6. The summed E-state index contributed by atoms with van der Waals surface area (Å²) in [4.78, 5) is 29.9. The molecule has 2 fully saturated rings. The molecule has 0 spiro atoms. The van der Waals surface area contributed by atoms with Crippen molar-refractivity contribution in [2.24, 2.45) is 9.98 Å². The number of likely N-dealkylation sites (N-methyl/N-ethyl adjacent to an activating group) is 2. The first kappa shape index (κ1) is 24.3. The molecule has 2 aromatic carbocycles. The van der Waals surface area contributed by atoms with Crippen LogP contribution in [0.1, 0.15) is 0 Å². The molecule has 2 heterocycles. The van der Waals surface area contributed by atoms with Gasteiger partial charge in [-0.25, -0.2) is 4.79 Å². The molecule has 35 heavy (non-hydrogen) atoms. The van der Waals surface area contributed by atoms with Crippen molar-refractivity contribution in [3.05, 3.63) is 60.7 Å². The Kier molecular flexibility index (Phi) is 7.36. The Balaban J connectivity index is 1.52. The van der Waals surface area contributed by atoms with Gasteiger partial charge in [-0.2, -0.15) is 4.99 Å². The number of para-hydroxylation sites is 1. The van der Waals surface area contributed by atoms with Gasteiger partial charge in [0.2, 0.25) is 5.96 Å². The maximum atomic E-state index is 13.1. The smallest absolute Gasteiger partial charge is 0.330 e. The minimum atomic E-state index is -0.174. The Hall–Kier alpha value is -3.85. The lowest BCUT2D eigenvalue weighted by atomic mass is 10.1. The topological polar surface area (TPSA) is 76.0 Å². The average Bonchev–Trinajstić information content (AvgIpc) is 2.89. The minimum Gasteiger partial charge on any atom is -0.494 e. The Morgan fingerprint density at radius 3 is 2.40 bits per heavy atom. The Morgan fingerprint density at radius 1 is 1.03 bits per heavy atom. The zero-order chi connectivity index (χ0) is 24.9. The van der Waals surface area contributed by atoms with Crippen LogP contribution in [-0.2, 0) is 0 Å². The van der Waals surface area contributed by atoms with Crippen LogP contribution in [0.3, 0.4) is 0 Å². The maximum absolute atomic E-state index is 13.1. The number of piperazine rings is 1. The van der Waals surface area contributed by atoms with Gasteiger partial charge in [-0.05, 0) is 31.3 Å². The molecule has 2 aliphatic rings. The van der Waals surface area contributed by atoms with Crippen LogP contribution in [0.5, 0.6) is 5.75 Å². The standard InChI is InChI=1S/C26H33N7O2/c1-19-18-33(20-9-7-6-8-10-20)26(34)31(4)24(19)29-25(27-2)28-22-12-11-21(17-23(22)35-5)32-15-13-30(3)14-16-32/h6-12,17H,1,13-16,18H2,2-5H3,(H,27,28)/b29-24+. The lowest BCUT2D eigenvalue weighted by Gasteiger charge is -2.35. The maximum Gasteiger partial charge on any atom is 0.330 e. The van der Waals surface area contributed by atoms with Crippen molar-refractivity contribution in [1.29, 1.82) is 0 Å². The summed E-state index contributed by atoms with van der Waals surface area (Å²) < 4.78 is 5.66. The molecule has 2 saturated heterocycles. The highest BCUT2D eigenvalue weighted by atomic mass is 16.5. The summed E-state index contributed by atoms with van der Waals surface area (Å²) in [7, 11) is 7.14. The molecule has 2 aliphatic heterocycles. The number of anilines is 3. The third-order valence-corrected chi connectivity index (χ3v) is 6.29. The van der Waals surface area contributed by atoms with Crippen molar-refractivity contribution in [2.45, 2.75) is 0 Å². The monoisotopic (exact) mass is 475 g/mol. The van der Waals surface area contributed by atoms with E-state index in [9.17, 15) is 4.79 Å². The number of carbonyl (C=O) groups excluding carboxylic acids is 1. The second-order valence-corrected chi connectivity index (χ2v) is 8.65. The van der Waals surface area contributed by atoms with Crippen LogP contribution in [0.15, 0.2) is 70.7 Å². The van der Waals surface area contributed by atoms with Gasteiger partial charge in [0, 0.05) is 63.3 Å². The number of carbonyl (C=O) groups is 1. The van der Waals surface area contributed by atoms with E-state index < -0.39 is 0 Å². The first-order chi connectivity index (χ1) is 16.9. The first-order valence-electron chi connectivity index (χ1n) is 11.6. The van der Waals surface area contributed by atoms with E-state index in [0.29, 0.717) is 24.1 Å². The summed E-state index contributed by atoms with van der Waals surface area (Å²) in [6.45, 7) is 8.54. The summed E-state index contributed by atoms with van der Waals surface area (Å²) in [5, 5.41) is 3.25. The number of methoxy groups -OCH3 is 1. The number of benzene rings is 2. The molecule has 4 rings (SSSR count). The number of guanidine groups is 1. The van der Waals surface area contributed by atoms with Crippen molar-refractivity contribution in [3.8, 4) is 5.75 Å². The van der Waals surface area contributed by atoms with E-state index in [4.69, 9.17) is 4.74 Å². The normalized spacial score (nSPS) is 18.9. The van der Waals surface area contributed by atoms with Gasteiger partial charge in [-0.3, -0.25) is 14.8 Å². The molecular formula is C26H33N7O2. The fourth-order valence-electron chi connectivity index (χ4n) is 4.20. The van der Waals surface area contributed by atoms with Gasteiger partial charge < -0.3 is 19.9 Å². The molecule has 9 nitrogen and oxygen atoms in total. The van der Waals surface area contributed by atoms with E-state index in [1.54, 1.807) is 26.1 Å². The van der Waals surface area contributed by atoms with E-state index in [1.807, 2.05) is 42.5 Å². The predicted molar refractivity (Wildman–Crippen MR) is 143 cm³/mol. The molecule has 0 saturated carbocycles. The minimum absolute atomic E-state index is 0.174. The third kappa shape index (κ3) is 5.30. The van der Waals surface area contributed by atoms with Crippen LogP contribution in [0.2, 0.25) is 0 Å². The number of ether oxygens (including phenoxy) is 1. The van der Waals surface area contributed by atoms with Gasteiger partial charge in [0.1, 0.15) is 11.6 Å². The number of hydrogen-bond donors (Lipinski definition) is 1. The van der Waals surface area contributed by atoms with Crippen LogP contribution in [-0.4, -0.2) is 88.6 Å². The molecule has 0 radical (unpaired) electrons. The molecule has 0 unspecified atom stereocenters. The zero-order valence-electron chi connectivity index (χ0n) is 20.9. The van der Waals surface area contributed by atoms with Crippen LogP contribution in [0.4, 0.5) is 21.9 Å². The fourth-order valence-corrected chi connectivity index (χ4v) is 4.20. The van der Waals surface area contributed by atoms with Crippen molar-refractivity contribution in [3.63, 3.8) is 0 Å². The van der Waals surface area contributed by atoms with Crippen molar-refractivity contribution in [1.82, 2.24) is 9.80 Å². The van der Waals surface area contributed by atoms with Crippen molar-refractivity contribution >= 4 is 34.9 Å². The van der Waals surface area contributed by atoms with E-state index in [0.717, 1.165) is 48.8 Å². The molecule has 2 amide bonds. The third-order valence-electron chi connectivity index (χ3n) is 6.29. The summed E-state index contributed by atoms with van der Waals surface area (Å²) in [6.07, 6.45) is 0. The second kappa shape index (κ2) is 10.6. The Morgan fingerprint density at radius 2 is 1.74 bits per heavy atom. The summed E-state index contributed by atoms with van der Waals surface area (Å²) >= 11 is 0. The average molecular weight is 476 g/mol. The Bertz CT molecular complexity index is 1140. The molecule has 184 valence electrons. The van der Waals surface area contributed by atoms with E-state index in [2.05, 4.69) is 44.8 Å². The van der Waals surface area contributed by atoms with Crippen LogP contribution < -0.4 is 19.9 Å². The number of rotatable bonds is 4. The highest BCUT2D eigenvalue weighted by Crippen LogP contribution is 2.31. The van der Waals surface area contributed by atoms with Crippen molar-refractivity contribution in [2.75, 3.05) is 76.1 Å². The second-order valence-electron chi connectivity index (χ2n) is 8.65. The van der Waals surface area contributed by atoms with Crippen LogP contribution in [0.25, 0.3) is 0 Å². The van der Waals surface area contributed by atoms with Gasteiger partial charge in [-0.15, -0.1) is 0 Å². The number of hydrogen-bond acceptors (Lipinski definition) is 5. The highest BCUT2D eigenvalue weighted by molar-refractivity contribution is 6.18. The summed E-state index contributed by atoms with van der Waals surface area (Å²) in [5.41, 5.74) is 3.40. The number of urea groups is 1. The number of amides is 2. The number of amidine groups is 1. The van der Waals surface area contributed by atoms with E-state index >= 15 is 0 Å². The molecule has 0 atom stereocenters. The van der Waals surface area contributed by atoms with E-state index in [1.165, 1.54) is 4.90 Å². The first-order valence-corrected chi connectivity index (χ1v) is 11.6. The van der Waals surface area contributed by atoms with Gasteiger partial charge in [-0.1, -0.05) is 24.8 Å². The molecule has 1 N–H and O–H groups in total. The van der Waals surface area contributed by atoms with Crippen LogP contribution in [0, 0.1) is 0 Å². The molecule has 2 aromatic rings. The summed E-state index contributed by atoms with van der Waals surface area (Å²) in [5.74, 6) is 1.54. The SMILES string of the molecule is C=C1CN(c2ccccc2)C(=O)N(C)/C1=N/C(=N\C)Nc1ccc(N2CCN(C)CC2)cc1OC. The van der Waals surface area contributed by atoms with Crippen molar-refractivity contribution < 1.29 is 9.53 Å². The van der Waals surface area contributed by atoms with Gasteiger partial charge in [0.05, 0.1) is 19.3 Å². The molecular weight excluding hydrogens is 442 g/mol. The number of nitrogens with one attached hydrogen (secondary N) is 1. The van der Waals surface area contributed by atoms with Crippen LogP contribution >= 0.6 is 0 Å². The molecule has 9 heteroatoms. The molecule has 0 aromatic heterocycles. The fraction of sp³-hybridized carbons (Fsp3) is 0.346. The lowest BCUT2D eigenvalue weighted by molar-refractivity contribution is 0.231. The molecule has 0 aliphatic carbocycles. The van der Waals surface area contributed by atoms with Gasteiger partial charge in [0.25, 0.3) is 0 Å². The summed E-state index contributed by atoms with van der Waals surface area (Å²) in [6, 6.07) is 15.4. The predicted octanol–water partition coefficient (Wildman–Crippen LogP) is 3.37. The van der Waals surface area contributed by atoms with E-state index in [-0.39, 0.29) is 6.03 Å². The Labute approximate surface area is 207 Å². The van der Waals surface area contributed by atoms with Gasteiger partial charge in [0.15, 0.2) is 0 Å². The molecule has 0 bridgehead atoms.